The van der Waals surface area contributed by atoms with Crippen molar-refractivity contribution in [3.05, 3.63) is 17.5 Å². The Bertz CT molecular complexity index is 522. The van der Waals surface area contributed by atoms with Crippen LogP contribution in [0.1, 0.15) is 42.7 Å². The molecule has 110 valence electrons. The first-order chi connectivity index (χ1) is 9.41. The first-order valence-corrected chi connectivity index (χ1v) is 6.98. The zero-order valence-electron chi connectivity index (χ0n) is 12.2. The predicted octanol–water partition coefficient (Wildman–Crippen LogP) is 1.54. The van der Waals surface area contributed by atoms with E-state index in [2.05, 4.69) is 18.9 Å². The Balaban J connectivity index is 2.21. The van der Waals surface area contributed by atoms with Gasteiger partial charge in [0.2, 0.25) is 0 Å². The summed E-state index contributed by atoms with van der Waals surface area (Å²) >= 11 is 0. The van der Waals surface area contributed by atoms with E-state index in [1.807, 2.05) is 11.6 Å². The summed E-state index contributed by atoms with van der Waals surface area (Å²) in [5.74, 6) is -0.708. The van der Waals surface area contributed by atoms with Crippen LogP contribution in [0.25, 0.3) is 0 Å². The summed E-state index contributed by atoms with van der Waals surface area (Å²) in [5, 5.41) is 13.4. The molecule has 6 nitrogen and oxygen atoms in total. The molecule has 1 aliphatic rings. The number of amides is 1. The van der Waals surface area contributed by atoms with E-state index in [9.17, 15) is 9.59 Å². The van der Waals surface area contributed by atoms with Crippen LogP contribution in [-0.2, 0) is 11.3 Å². The normalized spacial score (nSPS) is 18.8. The summed E-state index contributed by atoms with van der Waals surface area (Å²) in [7, 11) is 0. The van der Waals surface area contributed by atoms with Gasteiger partial charge in [0, 0.05) is 18.8 Å². The highest BCUT2D eigenvalue weighted by Gasteiger charge is 2.35. The number of carbonyl (C=O) groups is 2. The van der Waals surface area contributed by atoms with E-state index in [0.29, 0.717) is 24.4 Å². The van der Waals surface area contributed by atoms with Gasteiger partial charge in [0.05, 0.1) is 11.8 Å². The Morgan fingerprint density at radius 3 is 2.80 bits per heavy atom. The van der Waals surface area contributed by atoms with Crippen LogP contribution in [0.4, 0.5) is 0 Å². The van der Waals surface area contributed by atoms with E-state index in [1.165, 1.54) is 4.90 Å². The van der Waals surface area contributed by atoms with Crippen molar-refractivity contribution in [1.29, 1.82) is 0 Å². The molecule has 1 aromatic heterocycles. The van der Waals surface area contributed by atoms with Crippen molar-refractivity contribution in [2.24, 2.45) is 5.92 Å². The zero-order chi connectivity index (χ0) is 14.9. The molecule has 1 aromatic rings. The van der Waals surface area contributed by atoms with Crippen molar-refractivity contribution in [3.8, 4) is 0 Å². The van der Waals surface area contributed by atoms with Crippen LogP contribution in [0.2, 0.25) is 0 Å². The smallest absolute Gasteiger partial charge is 0.326 e. The van der Waals surface area contributed by atoms with Gasteiger partial charge in [-0.05, 0) is 25.7 Å². The predicted molar refractivity (Wildman–Crippen MR) is 73.5 cm³/mol. The van der Waals surface area contributed by atoms with E-state index in [-0.39, 0.29) is 5.91 Å². The van der Waals surface area contributed by atoms with Crippen molar-refractivity contribution in [3.63, 3.8) is 0 Å². The van der Waals surface area contributed by atoms with Crippen molar-refractivity contribution >= 4 is 11.9 Å². The molecule has 2 rings (SSSR count). The van der Waals surface area contributed by atoms with Gasteiger partial charge in [0.25, 0.3) is 5.91 Å². The second-order valence-corrected chi connectivity index (χ2v) is 5.71. The fourth-order valence-corrected chi connectivity index (χ4v) is 2.61. The number of carboxylic acids is 1. The van der Waals surface area contributed by atoms with Crippen molar-refractivity contribution in [1.82, 2.24) is 14.7 Å². The number of carboxylic acid groups (broad SMARTS) is 1. The summed E-state index contributed by atoms with van der Waals surface area (Å²) in [6.07, 6.45) is 2.82. The first kappa shape index (κ1) is 14.6. The number of aromatic nitrogens is 2. The molecule has 1 aliphatic heterocycles. The molecule has 0 spiro atoms. The van der Waals surface area contributed by atoms with Crippen molar-refractivity contribution in [2.75, 3.05) is 6.54 Å². The lowest BCUT2D eigenvalue weighted by atomic mass is 10.2. The van der Waals surface area contributed by atoms with Crippen LogP contribution >= 0.6 is 0 Å². The summed E-state index contributed by atoms with van der Waals surface area (Å²) in [5.41, 5.74) is 1.32. The Hall–Kier alpha value is -1.85. The number of carbonyl (C=O) groups excluding carboxylic acids is 1. The van der Waals surface area contributed by atoms with Gasteiger partial charge in [-0.1, -0.05) is 13.8 Å². The molecule has 0 radical (unpaired) electrons. The first-order valence-electron chi connectivity index (χ1n) is 6.98. The minimum atomic E-state index is -0.928. The highest BCUT2D eigenvalue weighted by atomic mass is 16.4. The monoisotopic (exact) mass is 279 g/mol. The van der Waals surface area contributed by atoms with Gasteiger partial charge in [0.1, 0.15) is 6.04 Å². The van der Waals surface area contributed by atoms with E-state index in [1.54, 1.807) is 6.20 Å². The third-order valence-corrected chi connectivity index (χ3v) is 3.67. The van der Waals surface area contributed by atoms with Gasteiger partial charge in [-0.25, -0.2) is 4.79 Å². The Morgan fingerprint density at radius 1 is 1.50 bits per heavy atom. The lowest BCUT2D eigenvalue weighted by Crippen LogP contribution is -2.40. The molecule has 1 amide bonds. The highest BCUT2D eigenvalue weighted by molar-refractivity contribution is 5.97. The minimum Gasteiger partial charge on any atom is -0.480 e. The number of hydrogen-bond acceptors (Lipinski definition) is 3. The topological polar surface area (TPSA) is 75.4 Å². The molecule has 1 fully saturated rings. The van der Waals surface area contributed by atoms with Gasteiger partial charge in [0.15, 0.2) is 0 Å². The maximum atomic E-state index is 12.5. The molecule has 1 unspecified atom stereocenters. The van der Waals surface area contributed by atoms with Crippen LogP contribution in [0.15, 0.2) is 6.20 Å². The number of aliphatic carboxylic acids is 1. The molecule has 0 aliphatic carbocycles. The standard InChI is InChI=1S/C14H21N3O3/c1-9(2)8-17-10(3)11(7-15-17)13(18)16-6-4-5-12(16)14(19)20/h7,9,12H,4-6,8H2,1-3H3,(H,19,20). The summed E-state index contributed by atoms with van der Waals surface area (Å²) in [6.45, 7) is 7.29. The van der Waals surface area contributed by atoms with Crippen LogP contribution in [0.3, 0.4) is 0 Å². The maximum absolute atomic E-state index is 12.5. The van der Waals surface area contributed by atoms with Crippen molar-refractivity contribution < 1.29 is 14.7 Å². The van der Waals surface area contributed by atoms with E-state index in [0.717, 1.165) is 18.7 Å². The molecule has 0 bridgehead atoms. The number of rotatable bonds is 4. The van der Waals surface area contributed by atoms with Gasteiger partial charge < -0.3 is 10.0 Å². The largest absolute Gasteiger partial charge is 0.480 e. The molecule has 0 aromatic carbocycles. The summed E-state index contributed by atoms with van der Waals surface area (Å²) in [6, 6.07) is -0.699. The lowest BCUT2D eigenvalue weighted by molar-refractivity contribution is -0.141. The van der Waals surface area contributed by atoms with Gasteiger partial charge in [-0.15, -0.1) is 0 Å². The molecular formula is C14H21N3O3. The minimum absolute atomic E-state index is 0.220. The van der Waals surface area contributed by atoms with Gasteiger partial charge >= 0.3 is 5.97 Å². The molecule has 0 saturated carbocycles. The molecule has 1 saturated heterocycles. The SMILES string of the molecule is Cc1c(C(=O)N2CCCC2C(=O)O)cnn1CC(C)C. The van der Waals surface area contributed by atoms with Gasteiger partial charge in [-0.3, -0.25) is 9.48 Å². The number of nitrogens with zero attached hydrogens (tertiary/aromatic N) is 3. The third-order valence-electron chi connectivity index (χ3n) is 3.67. The van der Waals surface area contributed by atoms with Crippen LogP contribution in [0.5, 0.6) is 0 Å². The van der Waals surface area contributed by atoms with Crippen LogP contribution in [0, 0.1) is 12.8 Å². The van der Waals surface area contributed by atoms with Crippen molar-refractivity contribution in [2.45, 2.75) is 46.2 Å². The Kier molecular flexibility index (Phi) is 4.11. The van der Waals surface area contributed by atoms with E-state index in [4.69, 9.17) is 5.11 Å². The average Bonchev–Trinajstić information content (AvgIpc) is 2.96. The highest BCUT2D eigenvalue weighted by Crippen LogP contribution is 2.22. The molecule has 1 N–H and O–H groups in total. The second kappa shape index (κ2) is 5.64. The number of likely N-dealkylation sites (tertiary alicyclic amines) is 1. The van der Waals surface area contributed by atoms with E-state index < -0.39 is 12.0 Å². The second-order valence-electron chi connectivity index (χ2n) is 5.71. The third kappa shape index (κ3) is 2.69. The summed E-state index contributed by atoms with van der Waals surface area (Å²) in [4.78, 5) is 25.1. The quantitative estimate of drug-likeness (QED) is 0.907. The Morgan fingerprint density at radius 2 is 2.20 bits per heavy atom. The number of hydrogen-bond donors (Lipinski definition) is 1. The van der Waals surface area contributed by atoms with Crippen LogP contribution in [-0.4, -0.2) is 44.3 Å². The van der Waals surface area contributed by atoms with E-state index >= 15 is 0 Å². The molecule has 1 atom stereocenters. The van der Waals surface area contributed by atoms with Crippen LogP contribution < -0.4 is 0 Å². The fraction of sp³-hybridized carbons (Fsp3) is 0.643. The fourth-order valence-electron chi connectivity index (χ4n) is 2.61. The molecule has 20 heavy (non-hydrogen) atoms. The lowest BCUT2D eigenvalue weighted by Gasteiger charge is -2.21. The van der Waals surface area contributed by atoms with Gasteiger partial charge in [-0.2, -0.15) is 5.10 Å². The molecule has 2 heterocycles. The molecular weight excluding hydrogens is 258 g/mol. The maximum Gasteiger partial charge on any atom is 0.326 e. The zero-order valence-corrected chi connectivity index (χ0v) is 12.2. The Labute approximate surface area is 118 Å². The average molecular weight is 279 g/mol. The summed E-state index contributed by atoms with van der Waals surface area (Å²) < 4.78 is 1.81. The molecule has 6 heteroatoms.